The summed E-state index contributed by atoms with van der Waals surface area (Å²) < 4.78 is 5.06. The Morgan fingerprint density at radius 2 is 2.14 bits per heavy atom. The van der Waals surface area contributed by atoms with Crippen LogP contribution in [0.15, 0.2) is 24.3 Å². The third-order valence-corrected chi connectivity index (χ3v) is 3.15. The monoisotopic (exact) mass is 310 g/mol. The second-order valence-corrected chi connectivity index (χ2v) is 5.01. The summed E-state index contributed by atoms with van der Waals surface area (Å²) in [6, 6.07) is 6.84. The number of amides is 1. The molecule has 122 valence electrons. The van der Waals surface area contributed by atoms with Crippen LogP contribution in [0.2, 0.25) is 0 Å². The number of aliphatic hydroxyl groups excluding tert-OH is 1. The van der Waals surface area contributed by atoms with E-state index in [9.17, 15) is 14.7 Å². The summed E-state index contributed by atoms with van der Waals surface area (Å²) >= 11 is 0. The van der Waals surface area contributed by atoms with E-state index in [4.69, 9.17) is 9.84 Å². The van der Waals surface area contributed by atoms with E-state index in [1.165, 1.54) is 7.11 Å². The number of hydrogen-bond acceptors (Lipinski definition) is 5. The largest absolute Gasteiger partial charge is 0.497 e. The Morgan fingerprint density at radius 1 is 1.41 bits per heavy atom. The topological polar surface area (TPSA) is 99.1 Å². The molecule has 1 amide bonds. The van der Waals surface area contributed by atoms with Crippen molar-refractivity contribution in [2.75, 3.05) is 39.2 Å². The van der Waals surface area contributed by atoms with Crippen LogP contribution < -0.4 is 10.1 Å². The fourth-order valence-corrected chi connectivity index (χ4v) is 2.00. The Labute approximate surface area is 129 Å². The van der Waals surface area contributed by atoms with Crippen molar-refractivity contribution in [1.82, 2.24) is 4.90 Å². The zero-order valence-corrected chi connectivity index (χ0v) is 12.8. The van der Waals surface area contributed by atoms with Crippen molar-refractivity contribution in [3.8, 4) is 5.75 Å². The minimum absolute atomic E-state index is 0.0567. The molecule has 0 aliphatic heterocycles. The highest BCUT2D eigenvalue weighted by atomic mass is 16.5. The molecule has 0 aliphatic carbocycles. The Balaban J connectivity index is 2.61. The number of aliphatic hydroxyl groups is 1. The molecule has 1 rings (SSSR count). The van der Waals surface area contributed by atoms with Gasteiger partial charge in [-0.2, -0.15) is 0 Å². The van der Waals surface area contributed by atoms with Gasteiger partial charge in [0, 0.05) is 31.3 Å². The molecule has 0 unspecified atom stereocenters. The number of carbonyl (C=O) groups is 2. The third kappa shape index (κ3) is 6.11. The van der Waals surface area contributed by atoms with Gasteiger partial charge in [0.2, 0.25) is 5.91 Å². The molecule has 7 heteroatoms. The van der Waals surface area contributed by atoms with Crippen molar-refractivity contribution in [3.63, 3.8) is 0 Å². The van der Waals surface area contributed by atoms with Gasteiger partial charge in [-0.1, -0.05) is 6.07 Å². The van der Waals surface area contributed by atoms with Gasteiger partial charge < -0.3 is 25.2 Å². The van der Waals surface area contributed by atoms with Gasteiger partial charge in [-0.05, 0) is 19.2 Å². The van der Waals surface area contributed by atoms with E-state index in [0.29, 0.717) is 18.0 Å². The maximum absolute atomic E-state index is 12.0. The third-order valence-electron chi connectivity index (χ3n) is 3.15. The smallest absolute Gasteiger partial charge is 0.308 e. The summed E-state index contributed by atoms with van der Waals surface area (Å²) in [4.78, 5) is 24.9. The normalized spacial score (nSPS) is 12.0. The highest BCUT2D eigenvalue weighted by Gasteiger charge is 2.22. The Hall–Kier alpha value is -2.12. The minimum atomic E-state index is -1.04. The quantitative estimate of drug-likeness (QED) is 0.619. The summed E-state index contributed by atoms with van der Waals surface area (Å²) in [7, 11) is 3.23. The molecule has 1 aromatic carbocycles. The van der Waals surface area contributed by atoms with E-state index < -0.39 is 11.9 Å². The predicted octanol–water partition coefficient (Wildman–Crippen LogP) is 0.649. The summed E-state index contributed by atoms with van der Waals surface area (Å²) in [5.74, 6) is -1.64. The number of aliphatic carboxylic acids is 1. The van der Waals surface area contributed by atoms with Crippen LogP contribution in [0.25, 0.3) is 0 Å². The molecular formula is C15H22N2O5. The second-order valence-electron chi connectivity index (χ2n) is 5.01. The first-order valence-corrected chi connectivity index (χ1v) is 6.92. The number of rotatable bonds is 9. The first kappa shape index (κ1) is 17.9. The van der Waals surface area contributed by atoms with Gasteiger partial charge in [-0.25, -0.2) is 0 Å². The van der Waals surface area contributed by atoms with Crippen LogP contribution >= 0.6 is 0 Å². The summed E-state index contributed by atoms with van der Waals surface area (Å²) in [5, 5.41) is 20.7. The molecule has 3 N–H and O–H groups in total. The van der Waals surface area contributed by atoms with Crippen molar-refractivity contribution in [2.45, 2.75) is 6.42 Å². The molecular weight excluding hydrogens is 288 g/mol. The van der Waals surface area contributed by atoms with Crippen LogP contribution in [0, 0.1) is 5.92 Å². The predicted molar refractivity (Wildman–Crippen MR) is 81.9 cm³/mol. The number of anilines is 1. The summed E-state index contributed by atoms with van der Waals surface area (Å²) in [5.41, 5.74) is 0.553. The van der Waals surface area contributed by atoms with Gasteiger partial charge >= 0.3 is 5.97 Å². The fraction of sp³-hybridized carbons (Fsp3) is 0.467. The SMILES string of the molecule is COc1cccc(NC(=O)C[C@H](CN(C)CCO)C(=O)O)c1. The molecule has 22 heavy (non-hydrogen) atoms. The number of likely N-dealkylation sites (N-methyl/N-ethyl adjacent to an activating group) is 1. The van der Waals surface area contributed by atoms with E-state index in [0.717, 1.165) is 0 Å². The molecule has 0 radical (unpaired) electrons. The first-order chi connectivity index (χ1) is 10.5. The average Bonchev–Trinajstić information content (AvgIpc) is 2.46. The van der Waals surface area contributed by atoms with E-state index in [1.807, 2.05) is 0 Å². The van der Waals surface area contributed by atoms with Crippen molar-refractivity contribution >= 4 is 17.6 Å². The highest BCUT2D eigenvalue weighted by Crippen LogP contribution is 2.17. The number of nitrogens with one attached hydrogen (secondary N) is 1. The number of methoxy groups -OCH3 is 1. The van der Waals surface area contributed by atoms with Crippen molar-refractivity contribution in [2.24, 2.45) is 5.92 Å². The van der Waals surface area contributed by atoms with E-state index in [2.05, 4.69) is 5.32 Å². The molecule has 0 saturated carbocycles. The molecule has 0 aromatic heterocycles. The number of carboxylic acid groups (broad SMARTS) is 1. The highest BCUT2D eigenvalue weighted by molar-refractivity contribution is 5.93. The van der Waals surface area contributed by atoms with Gasteiger partial charge in [0.25, 0.3) is 0 Å². The standard InChI is InChI=1S/C15H22N2O5/c1-17(6-7-18)10-11(15(20)21)8-14(19)16-12-4-3-5-13(9-12)22-2/h3-5,9,11,18H,6-8,10H2,1-2H3,(H,16,19)(H,20,21)/t11-/m1/s1. The Bertz CT molecular complexity index is 506. The van der Waals surface area contributed by atoms with Crippen molar-refractivity contribution in [1.29, 1.82) is 0 Å². The number of ether oxygens (including phenoxy) is 1. The molecule has 0 spiro atoms. The lowest BCUT2D eigenvalue weighted by Gasteiger charge is -2.20. The van der Waals surface area contributed by atoms with Gasteiger partial charge in [0.1, 0.15) is 5.75 Å². The number of hydrogen-bond donors (Lipinski definition) is 3. The maximum Gasteiger partial charge on any atom is 0.308 e. The molecule has 0 fully saturated rings. The zero-order valence-electron chi connectivity index (χ0n) is 12.8. The molecule has 1 atom stereocenters. The lowest BCUT2D eigenvalue weighted by atomic mass is 10.0. The first-order valence-electron chi connectivity index (χ1n) is 6.92. The number of benzene rings is 1. The van der Waals surface area contributed by atoms with Gasteiger partial charge in [-0.15, -0.1) is 0 Å². The van der Waals surface area contributed by atoms with E-state index in [-0.39, 0.29) is 25.5 Å². The second kappa shape index (κ2) is 9.01. The van der Waals surface area contributed by atoms with Gasteiger partial charge in [-0.3, -0.25) is 9.59 Å². The summed E-state index contributed by atoms with van der Waals surface area (Å²) in [6.07, 6.45) is -0.137. The van der Waals surface area contributed by atoms with Crippen LogP contribution in [0.5, 0.6) is 5.75 Å². The molecule has 0 saturated heterocycles. The lowest BCUT2D eigenvalue weighted by Crippen LogP contribution is -2.34. The zero-order chi connectivity index (χ0) is 16.5. The maximum atomic E-state index is 12.0. The minimum Gasteiger partial charge on any atom is -0.497 e. The van der Waals surface area contributed by atoms with Gasteiger partial charge in [0.15, 0.2) is 0 Å². The Kier molecular flexibility index (Phi) is 7.34. The fourth-order valence-electron chi connectivity index (χ4n) is 2.00. The van der Waals surface area contributed by atoms with Crippen LogP contribution in [-0.4, -0.2) is 60.8 Å². The van der Waals surface area contributed by atoms with Crippen LogP contribution in [0.1, 0.15) is 6.42 Å². The molecule has 0 heterocycles. The molecule has 0 aliphatic rings. The lowest BCUT2D eigenvalue weighted by molar-refractivity contribution is -0.144. The van der Waals surface area contributed by atoms with Crippen molar-refractivity contribution < 1.29 is 24.5 Å². The van der Waals surface area contributed by atoms with E-state index >= 15 is 0 Å². The van der Waals surface area contributed by atoms with Crippen LogP contribution in [0.4, 0.5) is 5.69 Å². The van der Waals surface area contributed by atoms with Crippen LogP contribution in [-0.2, 0) is 9.59 Å². The average molecular weight is 310 g/mol. The Morgan fingerprint density at radius 3 is 2.73 bits per heavy atom. The summed E-state index contributed by atoms with van der Waals surface area (Å²) in [6.45, 7) is 0.502. The molecule has 1 aromatic rings. The van der Waals surface area contributed by atoms with E-state index in [1.54, 1.807) is 36.2 Å². The number of nitrogens with zero attached hydrogens (tertiary/aromatic N) is 1. The van der Waals surface area contributed by atoms with Gasteiger partial charge in [0.05, 0.1) is 19.6 Å². The number of carboxylic acids is 1. The number of carbonyl (C=O) groups excluding carboxylic acids is 1. The molecule has 0 bridgehead atoms. The van der Waals surface area contributed by atoms with Crippen LogP contribution in [0.3, 0.4) is 0 Å². The molecule has 7 nitrogen and oxygen atoms in total. The van der Waals surface area contributed by atoms with Crippen molar-refractivity contribution in [3.05, 3.63) is 24.3 Å².